The van der Waals surface area contributed by atoms with Crippen molar-refractivity contribution in [1.82, 2.24) is 25.1 Å². The van der Waals surface area contributed by atoms with E-state index in [9.17, 15) is 14.4 Å². The van der Waals surface area contributed by atoms with Gasteiger partial charge < -0.3 is 14.5 Å². The zero-order valence-corrected chi connectivity index (χ0v) is 20.1. The van der Waals surface area contributed by atoms with E-state index in [0.717, 1.165) is 6.42 Å². The number of carbonyl (C=O) groups excluding carboxylic acids is 3. The van der Waals surface area contributed by atoms with Crippen LogP contribution in [0.3, 0.4) is 0 Å². The van der Waals surface area contributed by atoms with Crippen molar-refractivity contribution in [1.29, 1.82) is 0 Å². The fourth-order valence-electron chi connectivity index (χ4n) is 3.17. The zero-order valence-electron chi connectivity index (χ0n) is 20.1. The van der Waals surface area contributed by atoms with Crippen molar-refractivity contribution in [3.05, 3.63) is 36.7 Å². The van der Waals surface area contributed by atoms with Crippen LogP contribution in [-0.2, 0) is 4.79 Å². The summed E-state index contributed by atoms with van der Waals surface area (Å²) in [6.45, 7) is 6.50. The highest BCUT2D eigenvalue weighted by molar-refractivity contribution is 6.02. The Morgan fingerprint density at radius 1 is 1.06 bits per heavy atom. The predicted octanol–water partition coefficient (Wildman–Crippen LogP) is 3.13. The average Bonchev–Trinajstić information content (AvgIpc) is 3.26. The molecule has 1 fully saturated rings. The fourth-order valence-corrected chi connectivity index (χ4v) is 3.17. The standard InChI is InChI=1S/C23H31N7O4/c1-23(2,3)20(31)28-21(32)26-18-7-6-17(13-25-18)34-16-8-10-24-19(12-16)27-22(33)30-11-9-15(14-30)29(4)5/h6-8,10,12-13,15H,9,11,14H2,1-5H3,(H,24,27,33)(H2,25,26,28,31,32). The molecule has 3 heterocycles. The fraction of sp³-hybridized carbons (Fsp3) is 0.435. The number of nitrogens with zero attached hydrogens (tertiary/aromatic N) is 4. The number of nitrogens with one attached hydrogen (secondary N) is 3. The Kier molecular flexibility index (Phi) is 7.67. The molecular weight excluding hydrogens is 438 g/mol. The number of likely N-dealkylation sites (tertiary alicyclic amines) is 1. The van der Waals surface area contributed by atoms with Crippen LogP contribution in [0.5, 0.6) is 11.5 Å². The molecule has 1 atom stereocenters. The second kappa shape index (κ2) is 10.5. The molecule has 1 unspecified atom stereocenters. The summed E-state index contributed by atoms with van der Waals surface area (Å²) in [5.74, 6) is 1.13. The van der Waals surface area contributed by atoms with Gasteiger partial charge in [-0.05, 0) is 38.7 Å². The molecule has 3 N–H and O–H groups in total. The van der Waals surface area contributed by atoms with Crippen LogP contribution in [0, 0.1) is 5.41 Å². The Balaban J connectivity index is 1.54. The number of aromatic nitrogens is 2. The number of carbonyl (C=O) groups is 3. The summed E-state index contributed by atoms with van der Waals surface area (Å²) in [6, 6.07) is 5.94. The Morgan fingerprint density at radius 2 is 1.82 bits per heavy atom. The van der Waals surface area contributed by atoms with Gasteiger partial charge in [0.1, 0.15) is 23.1 Å². The molecule has 1 aliphatic heterocycles. The van der Waals surface area contributed by atoms with E-state index in [2.05, 4.69) is 30.8 Å². The highest BCUT2D eigenvalue weighted by Crippen LogP contribution is 2.24. The highest BCUT2D eigenvalue weighted by atomic mass is 16.5. The van der Waals surface area contributed by atoms with Gasteiger partial charge in [-0.3, -0.25) is 20.7 Å². The number of likely N-dealkylation sites (N-methyl/N-ethyl adjacent to an activating group) is 1. The van der Waals surface area contributed by atoms with Crippen LogP contribution in [0.4, 0.5) is 21.2 Å². The molecule has 2 aromatic heterocycles. The lowest BCUT2D eigenvalue weighted by atomic mass is 9.96. The molecule has 0 bridgehead atoms. The van der Waals surface area contributed by atoms with E-state index in [1.165, 1.54) is 12.4 Å². The molecular formula is C23H31N7O4. The van der Waals surface area contributed by atoms with Gasteiger partial charge in [-0.15, -0.1) is 0 Å². The van der Waals surface area contributed by atoms with Gasteiger partial charge in [0.05, 0.1) is 6.20 Å². The number of amides is 5. The SMILES string of the molecule is CN(C)C1CCN(C(=O)Nc2cc(Oc3ccc(NC(=O)NC(=O)C(C)(C)C)nc3)ccn2)C1. The number of ether oxygens (including phenoxy) is 1. The van der Waals surface area contributed by atoms with E-state index >= 15 is 0 Å². The van der Waals surface area contributed by atoms with Crippen LogP contribution >= 0.6 is 0 Å². The summed E-state index contributed by atoms with van der Waals surface area (Å²) in [6.07, 6.45) is 3.91. The topological polar surface area (TPSA) is 129 Å². The minimum atomic E-state index is -0.686. The van der Waals surface area contributed by atoms with Gasteiger partial charge in [0, 0.05) is 36.8 Å². The molecule has 0 saturated carbocycles. The van der Waals surface area contributed by atoms with Gasteiger partial charge >= 0.3 is 12.1 Å². The van der Waals surface area contributed by atoms with Crippen molar-refractivity contribution in [3.8, 4) is 11.5 Å². The van der Waals surface area contributed by atoms with E-state index in [0.29, 0.717) is 36.4 Å². The first kappa shape index (κ1) is 24.9. The lowest BCUT2D eigenvalue weighted by molar-refractivity contribution is -0.127. The second-order valence-electron chi connectivity index (χ2n) is 9.30. The average molecular weight is 470 g/mol. The molecule has 0 spiro atoms. The summed E-state index contributed by atoms with van der Waals surface area (Å²) >= 11 is 0. The third kappa shape index (κ3) is 6.88. The van der Waals surface area contributed by atoms with E-state index in [1.807, 2.05) is 14.1 Å². The maximum Gasteiger partial charge on any atom is 0.327 e. The van der Waals surface area contributed by atoms with E-state index in [1.54, 1.807) is 49.9 Å². The Morgan fingerprint density at radius 3 is 2.44 bits per heavy atom. The molecule has 11 nitrogen and oxygen atoms in total. The summed E-state index contributed by atoms with van der Waals surface area (Å²) in [7, 11) is 4.02. The lowest BCUT2D eigenvalue weighted by Crippen LogP contribution is -2.41. The second-order valence-corrected chi connectivity index (χ2v) is 9.30. The molecule has 11 heteroatoms. The van der Waals surface area contributed by atoms with Gasteiger partial charge in [0.15, 0.2) is 0 Å². The van der Waals surface area contributed by atoms with Crippen LogP contribution in [0.1, 0.15) is 27.2 Å². The molecule has 1 aliphatic rings. The molecule has 34 heavy (non-hydrogen) atoms. The van der Waals surface area contributed by atoms with Crippen molar-refractivity contribution < 1.29 is 19.1 Å². The minimum absolute atomic E-state index is 0.200. The lowest BCUT2D eigenvalue weighted by Gasteiger charge is -2.20. The monoisotopic (exact) mass is 469 g/mol. The maximum atomic E-state index is 12.5. The highest BCUT2D eigenvalue weighted by Gasteiger charge is 2.27. The van der Waals surface area contributed by atoms with Crippen LogP contribution in [0.15, 0.2) is 36.7 Å². The molecule has 0 aliphatic carbocycles. The Hall–Kier alpha value is -3.73. The molecule has 0 aromatic carbocycles. The van der Waals surface area contributed by atoms with Crippen LogP contribution < -0.4 is 20.7 Å². The van der Waals surface area contributed by atoms with Crippen LogP contribution in [-0.4, -0.2) is 71.0 Å². The quantitative estimate of drug-likeness (QED) is 0.614. The van der Waals surface area contributed by atoms with Gasteiger partial charge in [-0.1, -0.05) is 20.8 Å². The minimum Gasteiger partial charge on any atom is -0.456 e. The molecule has 5 amide bonds. The van der Waals surface area contributed by atoms with Crippen molar-refractivity contribution in [2.45, 2.75) is 33.2 Å². The van der Waals surface area contributed by atoms with Gasteiger partial charge in [-0.25, -0.2) is 19.6 Å². The van der Waals surface area contributed by atoms with E-state index < -0.39 is 17.4 Å². The maximum absolute atomic E-state index is 12.5. The smallest absolute Gasteiger partial charge is 0.327 e. The number of hydrogen-bond donors (Lipinski definition) is 3. The van der Waals surface area contributed by atoms with Crippen molar-refractivity contribution in [2.24, 2.45) is 5.41 Å². The first-order valence-corrected chi connectivity index (χ1v) is 11.0. The number of pyridine rings is 2. The third-order valence-electron chi connectivity index (χ3n) is 5.27. The third-order valence-corrected chi connectivity index (χ3v) is 5.27. The largest absolute Gasteiger partial charge is 0.456 e. The van der Waals surface area contributed by atoms with Crippen LogP contribution in [0.25, 0.3) is 0 Å². The van der Waals surface area contributed by atoms with Gasteiger partial charge in [-0.2, -0.15) is 0 Å². The molecule has 3 rings (SSSR count). The Bertz CT molecular complexity index is 1030. The summed E-state index contributed by atoms with van der Waals surface area (Å²) < 4.78 is 5.79. The first-order chi connectivity index (χ1) is 16.0. The molecule has 1 saturated heterocycles. The summed E-state index contributed by atoms with van der Waals surface area (Å²) in [5, 5.41) is 7.57. The number of rotatable bonds is 5. The number of hydrogen-bond acceptors (Lipinski definition) is 7. The molecule has 2 aromatic rings. The Labute approximate surface area is 198 Å². The van der Waals surface area contributed by atoms with Gasteiger partial charge in [0.2, 0.25) is 5.91 Å². The number of urea groups is 2. The summed E-state index contributed by atoms with van der Waals surface area (Å²) in [5.41, 5.74) is -0.686. The zero-order chi connectivity index (χ0) is 24.9. The first-order valence-electron chi connectivity index (χ1n) is 11.0. The van der Waals surface area contributed by atoms with Crippen molar-refractivity contribution >= 4 is 29.6 Å². The number of anilines is 2. The van der Waals surface area contributed by atoms with Crippen LogP contribution in [0.2, 0.25) is 0 Å². The van der Waals surface area contributed by atoms with Crippen molar-refractivity contribution in [3.63, 3.8) is 0 Å². The molecule has 0 radical (unpaired) electrons. The van der Waals surface area contributed by atoms with E-state index in [-0.39, 0.29) is 11.8 Å². The van der Waals surface area contributed by atoms with Crippen molar-refractivity contribution in [2.75, 3.05) is 37.8 Å². The summed E-state index contributed by atoms with van der Waals surface area (Å²) in [4.78, 5) is 48.6. The normalized spacial score (nSPS) is 15.7. The number of imide groups is 1. The molecule has 182 valence electrons. The van der Waals surface area contributed by atoms with E-state index in [4.69, 9.17) is 4.74 Å². The van der Waals surface area contributed by atoms with Gasteiger partial charge in [0.25, 0.3) is 0 Å². The predicted molar refractivity (Wildman–Crippen MR) is 128 cm³/mol.